The molecule has 0 saturated carbocycles. The highest BCUT2D eigenvalue weighted by Crippen LogP contribution is 2.33. The zero-order chi connectivity index (χ0) is 16.1. The van der Waals surface area contributed by atoms with E-state index in [9.17, 15) is 0 Å². The van der Waals surface area contributed by atoms with E-state index in [0.29, 0.717) is 0 Å². The summed E-state index contributed by atoms with van der Waals surface area (Å²) in [5.41, 5.74) is 6.20. The van der Waals surface area contributed by atoms with Gasteiger partial charge in [-0.15, -0.1) is 9.24 Å². The minimum absolute atomic E-state index is 0.984. The standard InChI is InChI=1S/C20H19N2P/c1-12-5-4-6-17-16-8-7-15(23)10-18(16)22(20(12)17)19-9-13(2)14(3)11-21-19/h4-11H,23H2,1-3H3. The summed E-state index contributed by atoms with van der Waals surface area (Å²) < 4.78 is 2.29. The second-order valence-electron chi connectivity index (χ2n) is 6.21. The molecule has 2 nitrogen and oxygen atoms in total. The Morgan fingerprint density at radius 1 is 0.870 bits per heavy atom. The van der Waals surface area contributed by atoms with Gasteiger partial charge in [-0.25, -0.2) is 4.98 Å². The van der Waals surface area contributed by atoms with Gasteiger partial charge in [-0.2, -0.15) is 0 Å². The Labute approximate surface area is 138 Å². The number of aryl methyl sites for hydroxylation is 3. The Morgan fingerprint density at radius 3 is 2.48 bits per heavy atom. The van der Waals surface area contributed by atoms with Crippen molar-refractivity contribution < 1.29 is 0 Å². The lowest BCUT2D eigenvalue weighted by molar-refractivity contribution is 1.05. The highest BCUT2D eigenvalue weighted by atomic mass is 31.0. The Kier molecular flexibility index (Phi) is 3.25. The molecular weight excluding hydrogens is 299 g/mol. The number of fused-ring (bicyclic) bond motifs is 3. The molecule has 0 N–H and O–H groups in total. The van der Waals surface area contributed by atoms with Crippen LogP contribution in [0.25, 0.3) is 27.6 Å². The number of hydrogen-bond donors (Lipinski definition) is 0. The maximum atomic E-state index is 4.71. The summed E-state index contributed by atoms with van der Waals surface area (Å²) >= 11 is 0. The summed E-state index contributed by atoms with van der Waals surface area (Å²) in [7, 11) is 2.79. The quantitative estimate of drug-likeness (QED) is 0.469. The van der Waals surface area contributed by atoms with Crippen LogP contribution in [-0.2, 0) is 0 Å². The van der Waals surface area contributed by atoms with Gasteiger partial charge in [0, 0.05) is 17.0 Å². The van der Waals surface area contributed by atoms with E-state index in [1.807, 2.05) is 6.20 Å². The summed E-state index contributed by atoms with van der Waals surface area (Å²) in [6.45, 7) is 6.41. The molecule has 0 fully saturated rings. The first kappa shape index (κ1) is 14.4. The van der Waals surface area contributed by atoms with Gasteiger partial charge in [-0.3, -0.25) is 4.57 Å². The molecule has 4 aromatic rings. The van der Waals surface area contributed by atoms with Gasteiger partial charge in [0.25, 0.3) is 0 Å². The Hall–Kier alpha value is -2.18. The number of rotatable bonds is 1. The molecule has 2 aromatic heterocycles. The maximum absolute atomic E-state index is 4.71. The second kappa shape index (κ2) is 5.18. The molecule has 0 bridgehead atoms. The van der Waals surface area contributed by atoms with E-state index in [-0.39, 0.29) is 0 Å². The minimum atomic E-state index is 0.984. The van der Waals surface area contributed by atoms with E-state index in [4.69, 9.17) is 4.98 Å². The topological polar surface area (TPSA) is 17.8 Å². The molecular formula is C20H19N2P. The monoisotopic (exact) mass is 318 g/mol. The molecule has 4 rings (SSSR count). The van der Waals surface area contributed by atoms with Crippen LogP contribution >= 0.6 is 9.24 Å². The van der Waals surface area contributed by atoms with E-state index in [1.165, 1.54) is 43.8 Å². The number of para-hydroxylation sites is 1. The first-order chi connectivity index (χ1) is 11.1. The third kappa shape index (κ3) is 2.17. The van der Waals surface area contributed by atoms with E-state index < -0.39 is 0 Å². The molecule has 0 aliphatic rings. The number of nitrogens with zero attached hydrogens (tertiary/aromatic N) is 2. The summed E-state index contributed by atoms with van der Waals surface area (Å²) in [5.74, 6) is 0.984. The van der Waals surface area contributed by atoms with Gasteiger partial charge in [0.1, 0.15) is 5.82 Å². The van der Waals surface area contributed by atoms with Crippen molar-refractivity contribution in [2.45, 2.75) is 20.8 Å². The SMILES string of the molecule is Cc1cnc(-n2c3cc(P)ccc3c3cccc(C)c32)cc1C. The molecule has 0 aliphatic heterocycles. The molecule has 3 heteroatoms. The van der Waals surface area contributed by atoms with Crippen LogP contribution in [0.3, 0.4) is 0 Å². The Morgan fingerprint density at radius 2 is 1.70 bits per heavy atom. The first-order valence-electron chi connectivity index (χ1n) is 7.79. The second-order valence-corrected chi connectivity index (χ2v) is 6.88. The fourth-order valence-corrected chi connectivity index (χ4v) is 3.48. The van der Waals surface area contributed by atoms with Gasteiger partial charge < -0.3 is 0 Å². The van der Waals surface area contributed by atoms with E-state index in [2.05, 4.69) is 77.0 Å². The van der Waals surface area contributed by atoms with Gasteiger partial charge in [0.15, 0.2) is 0 Å². The predicted octanol–water partition coefficient (Wildman–Crippen LogP) is 4.60. The summed E-state index contributed by atoms with van der Waals surface area (Å²) in [6, 6.07) is 15.2. The molecule has 2 aromatic carbocycles. The van der Waals surface area contributed by atoms with E-state index in [1.54, 1.807) is 0 Å². The van der Waals surface area contributed by atoms with Crippen molar-refractivity contribution in [1.82, 2.24) is 9.55 Å². The molecule has 23 heavy (non-hydrogen) atoms. The van der Waals surface area contributed by atoms with Crippen LogP contribution in [0.5, 0.6) is 0 Å². The molecule has 1 unspecified atom stereocenters. The average molecular weight is 318 g/mol. The van der Waals surface area contributed by atoms with Crippen molar-refractivity contribution in [3.63, 3.8) is 0 Å². The lowest BCUT2D eigenvalue weighted by Crippen LogP contribution is -2.01. The van der Waals surface area contributed by atoms with Crippen LogP contribution in [0, 0.1) is 20.8 Å². The molecule has 2 heterocycles. The van der Waals surface area contributed by atoms with Crippen molar-refractivity contribution in [2.24, 2.45) is 0 Å². The Balaban J connectivity index is 2.22. The largest absolute Gasteiger partial charge is 0.293 e. The maximum Gasteiger partial charge on any atom is 0.137 e. The third-order valence-corrected chi connectivity index (χ3v) is 4.96. The lowest BCUT2D eigenvalue weighted by Gasteiger charge is -2.10. The van der Waals surface area contributed by atoms with Gasteiger partial charge in [0.2, 0.25) is 0 Å². The van der Waals surface area contributed by atoms with E-state index in [0.717, 1.165) is 5.82 Å². The van der Waals surface area contributed by atoms with Gasteiger partial charge >= 0.3 is 0 Å². The molecule has 0 aliphatic carbocycles. The molecule has 0 saturated heterocycles. The van der Waals surface area contributed by atoms with Crippen LogP contribution < -0.4 is 5.30 Å². The summed E-state index contributed by atoms with van der Waals surface area (Å²) in [5, 5.41) is 3.74. The molecule has 1 atom stereocenters. The first-order valence-corrected chi connectivity index (χ1v) is 8.37. The van der Waals surface area contributed by atoms with Crippen molar-refractivity contribution in [2.75, 3.05) is 0 Å². The molecule has 0 spiro atoms. The molecule has 0 radical (unpaired) electrons. The van der Waals surface area contributed by atoms with Crippen LogP contribution in [0.15, 0.2) is 48.7 Å². The van der Waals surface area contributed by atoms with Crippen LogP contribution in [0.4, 0.5) is 0 Å². The zero-order valence-corrected chi connectivity index (χ0v) is 14.7. The van der Waals surface area contributed by atoms with Gasteiger partial charge in [-0.1, -0.05) is 30.3 Å². The van der Waals surface area contributed by atoms with Crippen LogP contribution in [-0.4, -0.2) is 9.55 Å². The molecule has 0 amide bonds. The predicted molar refractivity (Wildman–Crippen MR) is 102 cm³/mol. The average Bonchev–Trinajstić information content (AvgIpc) is 2.85. The highest BCUT2D eigenvalue weighted by molar-refractivity contribution is 7.27. The zero-order valence-electron chi connectivity index (χ0n) is 13.6. The summed E-state index contributed by atoms with van der Waals surface area (Å²) in [6.07, 6.45) is 1.96. The summed E-state index contributed by atoms with van der Waals surface area (Å²) in [4.78, 5) is 4.71. The lowest BCUT2D eigenvalue weighted by atomic mass is 10.1. The molecule has 114 valence electrons. The van der Waals surface area contributed by atoms with Gasteiger partial charge in [0.05, 0.1) is 11.0 Å². The van der Waals surface area contributed by atoms with Crippen LogP contribution in [0.1, 0.15) is 16.7 Å². The fourth-order valence-electron chi connectivity index (χ4n) is 3.22. The number of pyridine rings is 1. The van der Waals surface area contributed by atoms with Crippen molar-refractivity contribution in [3.8, 4) is 5.82 Å². The number of benzene rings is 2. The third-order valence-electron chi connectivity index (χ3n) is 4.60. The van der Waals surface area contributed by atoms with E-state index >= 15 is 0 Å². The highest BCUT2D eigenvalue weighted by Gasteiger charge is 2.15. The van der Waals surface area contributed by atoms with Crippen LogP contribution in [0.2, 0.25) is 0 Å². The Bertz CT molecular complexity index is 1060. The van der Waals surface area contributed by atoms with Crippen molar-refractivity contribution >= 4 is 36.4 Å². The smallest absolute Gasteiger partial charge is 0.137 e. The number of aromatic nitrogens is 2. The number of hydrogen-bond acceptors (Lipinski definition) is 1. The fraction of sp³-hybridized carbons (Fsp3) is 0.150. The minimum Gasteiger partial charge on any atom is -0.293 e. The normalized spacial score (nSPS) is 11.5. The van der Waals surface area contributed by atoms with Crippen molar-refractivity contribution in [1.29, 1.82) is 0 Å². The van der Waals surface area contributed by atoms with Crippen molar-refractivity contribution in [3.05, 3.63) is 65.4 Å². The van der Waals surface area contributed by atoms with Gasteiger partial charge in [-0.05, 0) is 54.9 Å².